The summed E-state index contributed by atoms with van der Waals surface area (Å²) in [4.78, 5) is 21.9. The van der Waals surface area contributed by atoms with Crippen LogP contribution in [0.3, 0.4) is 0 Å². The number of hydrogen-bond donors (Lipinski definition) is 3. The van der Waals surface area contributed by atoms with Crippen molar-refractivity contribution in [3.8, 4) is 0 Å². The normalized spacial score (nSPS) is 15.8. The topological polar surface area (TPSA) is 92.4 Å². The van der Waals surface area contributed by atoms with Crippen LogP contribution >= 0.6 is 0 Å². The van der Waals surface area contributed by atoms with E-state index in [0.717, 1.165) is 0 Å². The fourth-order valence-electron chi connectivity index (χ4n) is 0.758. The number of hydrogen-bond acceptors (Lipinski definition) is 3. The first kappa shape index (κ1) is 12.9. The number of aliphatic carboxylic acids is 1. The van der Waals surface area contributed by atoms with Gasteiger partial charge in [-0.2, -0.15) is 0 Å². The van der Waals surface area contributed by atoms with Crippen molar-refractivity contribution in [2.45, 2.75) is 39.8 Å². The fraction of sp³-hybridized carbons (Fsp3) is 0.778. The zero-order valence-electron chi connectivity index (χ0n) is 9.00. The molecular formula is C9H18N2O3. The van der Waals surface area contributed by atoms with Gasteiger partial charge in [0.1, 0.15) is 6.04 Å². The average molecular weight is 202 g/mol. The highest BCUT2D eigenvalue weighted by atomic mass is 16.4. The highest BCUT2D eigenvalue weighted by Gasteiger charge is 2.29. The van der Waals surface area contributed by atoms with Gasteiger partial charge in [0.15, 0.2) is 0 Å². The molecule has 0 fully saturated rings. The molecular weight excluding hydrogens is 184 g/mol. The second-order valence-electron chi connectivity index (χ2n) is 4.41. The highest BCUT2D eigenvalue weighted by Crippen LogP contribution is 2.17. The van der Waals surface area contributed by atoms with Gasteiger partial charge in [0, 0.05) is 0 Å². The zero-order valence-corrected chi connectivity index (χ0v) is 9.00. The zero-order chi connectivity index (χ0) is 11.5. The molecule has 0 spiro atoms. The smallest absolute Gasteiger partial charge is 0.325 e. The van der Waals surface area contributed by atoms with E-state index < -0.39 is 24.0 Å². The molecule has 0 aliphatic rings. The lowest BCUT2D eigenvalue weighted by molar-refractivity contribution is -0.141. The van der Waals surface area contributed by atoms with Gasteiger partial charge >= 0.3 is 5.97 Å². The Labute approximate surface area is 83.7 Å². The Morgan fingerprint density at radius 3 is 2.07 bits per heavy atom. The van der Waals surface area contributed by atoms with E-state index in [9.17, 15) is 9.59 Å². The maximum absolute atomic E-state index is 11.4. The first-order valence-corrected chi connectivity index (χ1v) is 4.45. The van der Waals surface area contributed by atoms with Crippen molar-refractivity contribution < 1.29 is 14.7 Å². The Morgan fingerprint density at radius 2 is 1.79 bits per heavy atom. The van der Waals surface area contributed by atoms with E-state index in [-0.39, 0.29) is 5.41 Å². The molecule has 82 valence electrons. The van der Waals surface area contributed by atoms with E-state index >= 15 is 0 Å². The predicted molar refractivity (Wildman–Crippen MR) is 52.7 cm³/mol. The molecule has 1 amide bonds. The molecule has 5 heteroatoms. The third kappa shape index (κ3) is 3.74. The van der Waals surface area contributed by atoms with Gasteiger partial charge in [-0.15, -0.1) is 0 Å². The summed E-state index contributed by atoms with van der Waals surface area (Å²) >= 11 is 0. The highest BCUT2D eigenvalue weighted by molar-refractivity contribution is 5.87. The van der Waals surface area contributed by atoms with Crippen LogP contribution in [-0.4, -0.2) is 29.1 Å². The van der Waals surface area contributed by atoms with Crippen LogP contribution in [0.5, 0.6) is 0 Å². The van der Waals surface area contributed by atoms with Crippen molar-refractivity contribution in [3.05, 3.63) is 0 Å². The Hall–Kier alpha value is -1.10. The maximum atomic E-state index is 11.4. The second kappa shape index (κ2) is 4.41. The molecule has 14 heavy (non-hydrogen) atoms. The van der Waals surface area contributed by atoms with Gasteiger partial charge in [0.25, 0.3) is 0 Å². The summed E-state index contributed by atoms with van der Waals surface area (Å²) in [6.07, 6.45) is 0. The number of carboxylic acid groups (broad SMARTS) is 1. The molecule has 0 aliphatic carbocycles. The summed E-state index contributed by atoms with van der Waals surface area (Å²) in [5.41, 5.74) is 5.27. The minimum Gasteiger partial charge on any atom is -0.480 e. The predicted octanol–water partition coefficient (Wildman–Crippen LogP) is -0.0509. The van der Waals surface area contributed by atoms with Crippen LogP contribution in [0, 0.1) is 5.41 Å². The number of rotatable bonds is 3. The molecule has 2 atom stereocenters. The van der Waals surface area contributed by atoms with E-state index in [2.05, 4.69) is 5.32 Å². The monoisotopic (exact) mass is 202 g/mol. The first-order chi connectivity index (χ1) is 6.16. The van der Waals surface area contributed by atoms with Gasteiger partial charge in [0.2, 0.25) is 5.91 Å². The van der Waals surface area contributed by atoms with Gasteiger partial charge in [-0.3, -0.25) is 9.59 Å². The quantitative estimate of drug-likeness (QED) is 0.598. The molecule has 4 N–H and O–H groups in total. The Kier molecular flexibility index (Phi) is 4.07. The van der Waals surface area contributed by atoms with Gasteiger partial charge in [-0.1, -0.05) is 20.8 Å². The molecule has 0 aromatic carbocycles. The largest absolute Gasteiger partial charge is 0.480 e. The van der Waals surface area contributed by atoms with Gasteiger partial charge in [-0.25, -0.2) is 0 Å². The molecule has 0 unspecified atom stereocenters. The molecule has 5 nitrogen and oxygen atoms in total. The molecule has 0 radical (unpaired) electrons. The number of nitrogens with one attached hydrogen (secondary N) is 1. The number of carbonyl (C=O) groups excluding carboxylic acids is 1. The summed E-state index contributed by atoms with van der Waals surface area (Å²) in [6.45, 7) is 6.86. The summed E-state index contributed by atoms with van der Waals surface area (Å²) in [5, 5.41) is 10.9. The van der Waals surface area contributed by atoms with Crippen LogP contribution in [0.25, 0.3) is 0 Å². The van der Waals surface area contributed by atoms with E-state index in [1.165, 1.54) is 6.92 Å². The van der Waals surface area contributed by atoms with Gasteiger partial charge in [-0.05, 0) is 12.3 Å². The SMILES string of the molecule is C[C@H](NC(=O)[C@H](N)C(C)(C)C)C(=O)O. The third-order valence-corrected chi connectivity index (χ3v) is 1.94. The summed E-state index contributed by atoms with van der Waals surface area (Å²) < 4.78 is 0. The standard InChI is InChI=1S/C9H18N2O3/c1-5(8(13)14)11-7(12)6(10)9(2,3)4/h5-6H,10H2,1-4H3,(H,11,12)(H,13,14)/t5-,6-/m0/s1. The summed E-state index contributed by atoms with van der Waals surface area (Å²) in [5.74, 6) is -1.51. The number of carboxylic acids is 1. The van der Waals surface area contributed by atoms with Crippen LogP contribution in [0.4, 0.5) is 0 Å². The Morgan fingerprint density at radius 1 is 1.36 bits per heavy atom. The maximum Gasteiger partial charge on any atom is 0.325 e. The second-order valence-corrected chi connectivity index (χ2v) is 4.41. The minimum absolute atomic E-state index is 0.373. The van der Waals surface area contributed by atoms with Gasteiger partial charge in [0.05, 0.1) is 6.04 Å². The molecule has 0 saturated heterocycles. The molecule has 0 aromatic rings. The number of carbonyl (C=O) groups is 2. The Bertz CT molecular complexity index is 233. The lowest BCUT2D eigenvalue weighted by Crippen LogP contribution is -2.52. The summed E-state index contributed by atoms with van der Waals surface area (Å²) in [7, 11) is 0. The fourth-order valence-corrected chi connectivity index (χ4v) is 0.758. The van der Waals surface area contributed by atoms with Gasteiger partial charge < -0.3 is 16.2 Å². The average Bonchev–Trinajstić information content (AvgIpc) is 2.00. The van der Waals surface area contributed by atoms with Crippen LogP contribution < -0.4 is 11.1 Å². The van der Waals surface area contributed by atoms with Crippen molar-refractivity contribution >= 4 is 11.9 Å². The van der Waals surface area contributed by atoms with Crippen LogP contribution in [0.15, 0.2) is 0 Å². The van der Waals surface area contributed by atoms with E-state index in [1.807, 2.05) is 20.8 Å². The lowest BCUT2D eigenvalue weighted by atomic mass is 9.87. The Balaban J connectivity index is 4.29. The van der Waals surface area contributed by atoms with Crippen LogP contribution in [0.1, 0.15) is 27.7 Å². The van der Waals surface area contributed by atoms with E-state index in [1.54, 1.807) is 0 Å². The molecule has 0 saturated carbocycles. The van der Waals surface area contributed by atoms with Crippen LogP contribution in [0.2, 0.25) is 0 Å². The van der Waals surface area contributed by atoms with Crippen molar-refractivity contribution in [1.29, 1.82) is 0 Å². The van der Waals surface area contributed by atoms with Crippen molar-refractivity contribution in [2.24, 2.45) is 11.1 Å². The van der Waals surface area contributed by atoms with E-state index in [0.29, 0.717) is 0 Å². The van der Waals surface area contributed by atoms with E-state index in [4.69, 9.17) is 10.8 Å². The third-order valence-electron chi connectivity index (χ3n) is 1.94. The number of amides is 1. The molecule has 0 rings (SSSR count). The van der Waals surface area contributed by atoms with Crippen molar-refractivity contribution in [2.75, 3.05) is 0 Å². The first-order valence-electron chi connectivity index (χ1n) is 4.45. The molecule has 0 heterocycles. The molecule has 0 bridgehead atoms. The minimum atomic E-state index is -1.07. The van der Waals surface area contributed by atoms with Crippen LogP contribution in [-0.2, 0) is 9.59 Å². The molecule has 0 aliphatic heterocycles. The van der Waals surface area contributed by atoms with Crippen molar-refractivity contribution in [3.63, 3.8) is 0 Å². The molecule has 0 aromatic heterocycles. The number of nitrogens with two attached hydrogens (primary N) is 1. The summed E-state index contributed by atoms with van der Waals surface area (Å²) in [6, 6.07) is -1.61. The van der Waals surface area contributed by atoms with Crippen molar-refractivity contribution in [1.82, 2.24) is 5.32 Å². The lowest BCUT2D eigenvalue weighted by Gasteiger charge is -2.26.